The van der Waals surface area contributed by atoms with Crippen molar-refractivity contribution >= 4 is 5.91 Å². The summed E-state index contributed by atoms with van der Waals surface area (Å²) < 4.78 is 1.59. The van der Waals surface area contributed by atoms with E-state index in [0.29, 0.717) is 18.8 Å². The van der Waals surface area contributed by atoms with Crippen LogP contribution in [0.5, 0.6) is 0 Å². The summed E-state index contributed by atoms with van der Waals surface area (Å²) in [5.74, 6) is -0.0887. The molecule has 2 N–H and O–H groups in total. The SMILES string of the molecule is CCCC(C)N(C)C(=O)c1cn(CCN)nn1. The molecule has 17 heavy (non-hydrogen) atoms. The number of hydrogen-bond acceptors (Lipinski definition) is 4. The third-order valence-electron chi connectivity index (χ3n) is 2.80. The van der Waals surface area contributed by atoms with Gasteiger partial charge in [-0.25, -0.2) is 0 Å². The first-order valence-corrected chi connectivity index (χ1v) is 5.97. The highest BCUT2D eigenvalue weighted by Crippen LogP contribution is 2.08. The van der Waals surface area contributed by atoms with E-state index in [1.807, 2.05) is 6.92 Å². The predicted octanol–water partition coefficient (Wildman–Crippen LogP) is 0.497. The number of nitrogens with two attached hydrogens (primary N) is 1. The number of hydrogen-bond donors (Lipinski definition) is 1. The van der Waals surface area contributed by atoms with Crippen LogP contribution in [0.15, 0.2) is 6.20 Å². The second-order valence-electron chi connectivity index (χ2n) is 4.21. The second-order valence-corrected chi connectivity index (χ2v) is 4.21. The van der Waals surface area contributed by atoms with Crippen LogP contribution in [0.1, 0.15) is 37.2 Å². The van der Waals surface area contributed by atoms with Crippen LogP contribution in [-0.4, -0.2) is 45.4 Å². The Labute approximate surface area is 102 Å². The highest BCUT2D eigenvalue weighted by molar-refractivity contribution is 5.91. The van der Waals surface area contributed by atoms with E-state index in [2.05, 4.69) is 17.2 Å². The fraction of sp³-hybridized carbons (Fsp3) is 0.727. The van der Waals surface area contributed by atoms with Crippen molar-refractivity contribution in [2.75, 3.05) is 13.6 Å². The van der Waals surface area contributed by atoms with Gasteiger partial charge in [0.25, 0.3) is 5.91 Å². The van der Waals surface area contributed by atoms with E-state index in [1.54, 1.807) is 22.8 Å². The highest BCUT2D eigenvalue weighted by atomic mass is 16.2. The van der Waals surface area contributed by atoms with Gasteiger partial charge in [0.2, 0.25) is 0 Å². The first-order valence-electron chi connectivity index (χ1n) is 5.97. The van der Waals surface area contributed by atoms with E-state index < -0.39 is 0 Å². The molecule has 0 bridgehead atoms. The fourth-order valence-electron chi connectivity index (χ4n) is 1.63. The summed E-state index contributed by atoms with van der Waals surface area (Å²) in [7, 11) is 1.80. The fourth-order valence-corrected chi connectivity index (χ4v) is 1.63. The Hall–Kier alpha value is -1.43. The summed E-state index contributed by atoms with van der Waals surface area (Å²) in [4.78, 5) is 13.8. The summed E-state index contributed by atoms with van der Waals surface area (Å²) in [5, 5.41) is 7.72. The molecule has 0 saturated heterocycles. The molecule has 1 aromatic heterocycles. The summed E-state index contributed by atoms with van der Waals surface area (Å²) in [6.07, 6.45) is 3.68. The average molecular weight is 239 g/mol. The van der Waals surface area contributed by atoms with Crippen LogP contribution in [0, 0.1) is 0 Å². The molecule has 0 aliphatic carbocycles. The summed E-state index contributed by atoms with van der Waals surface area (Å²) in [6.45, 7) is 5.20. The van der Waals surface area contributed by atoms with Gasteiger partial charge in [0.1, 0.15) is 0 Å². The summed E-state index contributed by atoms with van der Waals surface area (Å²) >= 11 is 0. The maximum Gasteiger partial charge on any atom is 0.276 e. The minimum atomic E-state index is -0.0887. The summed E-state index contributed by atoms with van der Waals surface area (Å²) in [5.41, 5.74) is 5.79. The smallest absolute Gasteiger partial charge is 0.276 e. The first-order chi connectivity index (χ1) is 8.10. The van der Waals surface area contributed by atoms with Gasteiger partial charge in [-0.2, -0.15) is 0 Å². The summed E-state index contributed by atoms with van der Waals surface area (Å²) in [6, 6.07) is 0.215. The van der Waals surface area contributed by atoms with Crippen molar-refractivity contribution in [2.24, 2.45) is 5.73 Å². The lowest BCUT2D eigenvalue weighted by atomic mass is 10.1. The molecular formula is C11H21N5O. The topological polar surface area (TPSA) is 77.0 Å². The van der Waals surface area contributed by atoms with Crippen molar-refractivity contribution in [1.29, 1.82) is 0 Å². The number of nitrogens with zero attached hydrogens (tertiary/aromatic N) is 4. The van der Waals surface area contributed by atoms with E-state index in [0.717, 1.165) is 12.8 Å². The molecule has 1 heterocycles. The van der Waals surface area contributed by atoms with Gasteiger partial charge in [-0.3, -0.25) is 9.48 Å². The van der Waals surface area contributed by atoms with Gasteiger partial charge >= 0.3 is 0 Å². The van der Waals surface area contributed by atoms with Gasteiger partial charge in [0, 0.05) is 19.6 Å². The van der Waals surface area contributed by atoms with E-state index in [1.165, 1.54) is 0 Å². The Morgan fingerprint density at radius 2 is 2.35 bits per heavy atom. The number of aromatic nitrogens is 3. The van der Waals surface area contributed by atoms with Gasteiger partial charge in [-0.1, -0.05) is 18.6 Å². The monoisotopic (exact) mass is 239 g/mol. The molecule has 0 aromatic carbocycles. The van der Waals surface area contributed by atoms with E-state index >= 15 is 0 Å². The number of amides is 1. The Balaban J connectivity index is 2.67. The molecule has 6 heteroatoms. The molecule has 0 aliphatic heterocycles. The lowest BCUT2D eigenvalue weighted by molar-refractivity contribution is 0.0730. The van der Waals surface area contributed by atoms with Crippen LogP contribution >= 0.6 is 0 Å². The van der Waals surface area contributed by atoms with Gasteiger partial charge < -0.3 is 10.6 Å². The molecule has 1 rings (SSSR count). The van der Waals surface area contributed by atoms with Crippen molar-refractivity contribution < 1.29 is 4.79 Å². The quantitative estimate of drug-likeness (QED) is 0.784. The van der Waals surface area contributed by atoms with E-state index in [9.17, 15) is 4.79 Å². The maximum absolute atomic E-state index is 12.1. The van der Waals surface area contributed by atoms with Crippen LogP contribution in [0.2, 0.25) is 0 Å². The minimum Gasteiger partial charge on any atom is -0.338 e. The molecule has 1 amide bonds. The van der Waals surface area contributed by atoms with Crippen molar-refractivity contribution in [3.63, 3.8) is 0 Å². The molecule has 1 aromatic rings. The molecule has 1 atom stereocenters. The van der Waals surface area contributed by atoms with Gasteiger partial charge in [0.15, 0.2) is 5.69 Å². The zero-order chi connectivity index (χ0) is 12.8. The third-order valence-corrected chi connectivity index (χ3v) is 2.80. The molecule has 6 nitrogen and oxygen atoms in total. The highest BCUT2D eigenvalue weighted by Gasteiger charge is 2.19. The molecule has 0 saturated carbocycles. The zero-order valence-electron chi connectivity index (χ0n) is 10.8. The van der Waals surface area contributed by atoms with Crippen LogP contribution in [0.3, 0.4) is 0 Å². The molecule has 0 aliphatic rings. The number of carbonyl (C=O) groups excluding carboxylic acids is 1. The van der Waals surface area contributed by atoms with Crippen molar-refractivity contribution in [2.45, 2.75) is 39.3 Å². The maximum atomic E-state index is 12.1. The molecular weight excluding hydrogens is 218 g/mol. The van der Waals surface area contributed by atoms with Crippen LogP contribution in [-0.2, 0) is 6.54 Å². The number of carbonyl (C=O) groups is 1. The van der Waals surface area contributed by atoms with Crippen molar-refractivity contribution in [1.82, 2.24) is 19.9 Å². The van der Waals surface area contributed by atoms with Gasteiger partial charge in [-0.15, -0.1) is 5.10 Å². The number of rotatable bonds is 6. The molecule has 0 fully saturated rings. The molecule has 0 spiro atoms. The largest absolute Gasteiger partial charge is 0.338 e. The lowest BCUT2D eigenvalue weighted by Gasteiger charge is -2.23. The third kappa shape index (κ3) is 3.52. The molecule has 1 unspecified atom stereocenters. The van der Waals surface area contributed by atoms with E-state index in [-0.39, 0.29) is 11.9 Å². The Bertz CT molecular complexity index is 362. The van der Waals surface area contributed by atoms with Crippen molar-refractivity contribution in [3.05, 3.63) is 11.9 Å². The van der Waals surface area contributed by atoms with Crippen molar-refractivity contribution in [3.8, 4) is 0 Å². The molecule has 0 radical (unpaired) electrons. The first kappa shape index (κ1) is 13.6. The Morgan fingerprint density at radius 3 is 2.94 bits per heavy atom. The Morgan fingerprint density at radius 1 is 1.65 bits per heavy atom. The standard InChI is InChI=1S/C11H21N5O/c1-4-5-9(2)15(3)11(17)10-8-16(7-6-12)14-13-10/h8-9H,4-7,12H2,1-3H3. The normalized spacial score (nSPS) is 12.5. The predicted molar refractivity (Wildman–Crippen MR) is 65.5 cm³/mol. The molecule has 96 valence electrons. The lowest BCUT2D eigenvalue weighted by Crippen LogP contribution is -2.35. The minimum absolute atomic E-state index is 0.0887. The van der Waals surface area contributed by atoms with Crippen LogP contribution in [0.25, 0.3) is 0 Å². The van der Waals surface area contributed by atoms with Gasteiger partial charge in [-0.05, 0) is 13.3 Å². The average Bonchev–Trinajstić information content (AvgIpc) is 2.76. The van der Waals surface area contributed by atoms with Gasteiger partial charge in [0.05, 0.1) is 12.7 Å². The second kappa shape index (κ2) is 6.34. The Kier molecular flexibility index (Phi) is 5.09. The van der Waals surface area contributed by atoms with Crippen LogP contribution < -0.4 is 5.73 Å². The van der Waals surface area contributed by atoms with E-state index in [4.69, 9.17) is 5.73 Å². The zero-order valence-corrected chi connectivity index (χ0v) is 10.8. The van der Waals surface area contributed by atoms with Crippen LogP contribution in [0.4, 0.5) is 0 Å².